The smallest absolute Gasteiger partial charge is 0.310 e. The Morgan fingerprint density at radius 1 is 1.42 bits per heavy atom. The Balaban J connectivity index is 1.90. The number of carbonyl (C=O) groups excluding carboxylic acids is 2. The highest BCUT2D eigenvalue weighted by atomic mass is 16.6. The monoisotopic (exact) mass is 268 g/mol. The zero-order valence-corrected chi connectivity index (χ0v) is 11.1. The molecule has 1 heterocycles. The Labute approximate surface area is 112 Å². The lowest BCUT2D eigenvalue weighted by atomic mass is 9.54. The van der Waals surface area contributed by atoms with Crippen molar-refractivity contribution in [2.75, 3.05) is 13.7 Å². The molecule has 0 spiro atoms. The first kappa shape index (κ1) is 12.9. The van der Waals surface area contributed by atoms with Gasteiger partial charge in [-0.1, -0.05) is 0 Å². The molecule has 4 aliphatic rings. The minimum Gasteiger partial charge on any atom is -0.469 e. The number of carbonyl (C=O) groups is 2. The van der Waals surface area contributed by atoms with Gasteiger partial charge in [0, 0.05) is 18.4 Å². The second-order valence-electron chi connectivity index (χ2n) is 5.91. The summed E-state index contributed by atoms with van der Waals surface area (Å²) in [4.78, 5) is 24.0. The van der Waals surface area contributed by atoms with Crippen LogP contribution in [-0.2, 0) is 19.1 Å². The van der Waals surface area contributed by atoms with E-state index in [1.807, 2.05) is 0 Å². The molecule has 106 valence electrons. The van der Waals surface area contributed by atoms with Crippen LogP contribution in [0.4, 0.5) is 0 Å². The van der Waals surface area contributed by atoms with Gasteiger partial charge in [0.15, 0.2) is 0 Å². The summed E-state index contributed by atoms with van der Waals surface area (Å²) in [7, 11) is 1.38. The normalized spacial score (nSPS) is 43.2. The van der Waals surface area contributed by atoms with Crippen LogP contribution in [0.25, 0.3) is 0 Å². The van der Waals surface area contributed by atoms with Crippen LogP contribution in [-0.4, -0.2) is 36.9 Å². The van der Waals surface area contributed by atoms with Gasteiger partial charge in [-0.05, 0) is 31.6 Å². The highest BCUT2D eigenvalue weighted by molar-refractivity contribution is 5.85. The average molecular weight is 268 g/mol. The van der Waals surface area contributed by atoms with E-state index >= 15 is 0 Å². The van der Waals surface area contributed by atoms with Gasteiger partial charge >= 0.3 is 11.9 Å². The fourth-order valence-corrected chi connectivity index (χ4v) is 4.56. The van der Waals surface area contributed by atoms with Gasteiger partial charge in [-0.15, -0.1) is 0 Å². The number of methoxy groups -OCH3 is 1. The molecule has 1 N–H and O–H groups in total. The van der Waals surface area contributed by atoms with Crippen LogP contribution in [0.3, 0.4) is 0 Å². The Morgan fingerprint density at radius 2 is 2.16 bits per heavy atom. The molecule has 4 bridgehead atoms. The van der Waals surface area contributed by atoms with Crippen molar-refractivity contribution in [3.05, 3.63) is 0 Å². The molecule has 0 radical (unpaired) electrons. The second kappa shape index (κ2) is 4.78. The van der Waals surface area contributed by atoms with Crippen molar-refractivity contribution in [1.82, 2.24) is 0 Å². The molecular weight excluding hydrogens is 248 g/mol. The highest BCUT2D eigenvalue weighted by Gasteiger charge is 2.64. The van der Waals surface area contributed by atoms with E-state index in [4.69, 9.17) is 14.6 Å². The van der Waals surface area contributed by atoms with Crippen molar-refractivity contribution in [2.24, 2.45) is 29.6 Å². The molecule has 6 atom stereocenters. The van der Waals surface area contributed by atoms with Gasteiger partial charge in [0.25, 0.3) is 0 Å². The third kappa shape index (κ3) is 1.78. The van der Waals surface area contributed by atoms with Gasteiger partial charge < -0.3 is 14.6 Å². The number of hydrogen-bond acceptors (Lipinski definition) is 5. The van der Waals surface area contributed by atoms with E-state index in [9.17, 15) is 9.59 Å². The maximum Gasteiger partial charge on any atom is 0.310 e. The van der Waals surface area contributed by atoms with E-state index in [1.54, 1.807) is 0 Å². The van der Waals surface area contributed by atoms with Gasteiger partial charge in [-0.25, -0.2) is 0 Å². The first-order valence-electron chi connectivity index (χ1n) is 7.08. The first-order valence-corrected chi connectivity index (χ1v) is 7.08. The molecule has 19 heavy (non-hydrogen) atoms. The van der Waals surface area contributed by atoms with Gasteiger partial charge in [0.2, 0.25) is 0 Å². The number of esters is 2. The van der Waals surface area contributed by atoms with Crippen LogP contribution in [0, 0.1) is 29.6 Å². The van der Waals surface area contributed by atoms with Crippen molar-refractivity contribution >= 4 is 11.9 Å². The average Bonchev–Trinajstić information content (AvgIpc) is 2.72. The minimum absolute atomic E-state index is 0.0382. The van der Waals surface area contributed by atoms with Gasteiger partial charge in [-0.3, -0.25) is 9.59 Å². The third-order valence-electron chi connectivity index (χ3n) is 5.23. The first-order chi connectivity index (χ1) is 9.19. The molecule has 4 fully saturated rings. The second-order valence-corrected chi connectivity index (χ2v) is 5.91. The van der Waals surface area contributed by atoms with Crippen LogP contribution < -0.4 is 0 Å². The fraction of sp³-hybridized carbons (Fsp3) is 0.857. The minimum atomic E-state index is -0.335. The van der Waals surface area contributed by atoms with E-state index in [1.165, 1.54) is 7.11 Å². The summed E-state index contributed by atoms with van der Waals surface area (Å²) in [6.45, 7) is 0.140. The Morgan fingerprint density at radius 3 is 2.84 bits per heavy atom. The number of aliphatic hydroxyl groups is 1. The third-order valence-corrected chi connectivity index (χ3v) is 5.23. The number of hydrogen-bond donors (Lipinski definition) is 1. The molecule has 6 unspecified atom stereocenters. The number of rotatable bonds is 4. The van der Waals surface area contributed by atoms with Crippen molar-refractivity contribution in [1.29, 1.82) is 0 Å². The van der Waals surface area contributed by atoms with Crippen LogP contribution in [0.2, 0.25) is 0 Å². The van der Waals surface area contributed by atoms with Crippen LogP contribution in [0.1, 0.15) is 25.7 Å². The topological polar surface area (TPSA) is 72.8 Å². The summed E-state index contributed by atoms with van der Waals surface area (Å²) < 4.78 is 10.4. The van der Waals surface area contributed by atoms with Crippen molar-refractivity contribution in [2.45, 2.75) is 31.8 Å². The van der Waals surface area contributed by atoms with E-state index in [-0.39, 0.29) is 54.2 Å². The number of ether oxygens (including phenoxy) is 2. The zero-order valence-electron chi connectivity index (χ0n) is 11.1. The van der Waals surface area contributed by atoms with Crippen molar-refractivity contribution in [3.63, 3.8) is 0 Å². The molecular formula is C14H20O5. The molecule has 4 rings (SSSR count). The Bertz CT molecular complexity index is 393. The quantitative estimate of drug-likeness (QED) is 0.762. The predicted octanol–water partition coefficient (Wildman–Crippen LogP) is 0.746. The molecule has 5 heteroatoms. The molecule has 0 aromatic rings. The fourth-order valence-electron chi connectivity index (χ4n) is 4.56. The van der Waals surface area contributed by atoms with E-state index < -0.39 is 0 Å². The molecule has 0 amide bonds. The van der Waals surface area contributed by atoms with Crippen LogP contribution in [0.5, 0.6) is 0 Å². The molecule has 0 aromatic heterocycles. The molecule has 0 aromatic carbocycles. The molecule has 3 aliphatic carbocycles. The Kier molecular flexibility index (Phi) is 3.25. The summed E-state index contributed by atoms with van der Waals surface area (Å²) in [5.74, 6) is -0.568. The maximum atomic E-state index is 12.0. The van der Waals surface area contributed by atoms with Crippen LogP contribution in [0.15, 0.2) is 0 Å². The largest absolute Gasteiger partial charge is 0.469 e. The van der Waals surface area contributed by atoms with Gasteiger partial charge in [0.05, 0.1) is 18.9 Å². The molecule has 3 saturated carbocycles. The van der Waals surface area contributed by atoms with Crippen molar-refractivity contribution in [3.8, 4) is 0 Å². The molecule has 1 saturated heterocycles. The SMILES string of the molecule is COC(=O)C1C2CCC3C(OC(=O)C31)C2CCCO. The van der Waals surface area contributed by atoms with E-state index in [0.29, 0.717) is 6.42 Å². The summed E-state index contributed by atoms with van der Waals surface area (Å²) in [6.07, 6.45) is 3.40. The van der Waals surface area contributed by atoms with E-state index in [2.05, 4.69) is 0 Å². The van der Waals surface area contributed by atoms with Crippen molar-refractivity contribution < 1.29 is 24.2 Å². The lowest BCUT2D eigenvalue weighted by molar-refractivity contribution is -0.160. The highest BCUT2D eigenvalue weighted by Crippen LogP contribution is 2.58. The lowest BCUT2D eigenvalue weighted by Crippen LogP contribution is -2.52. The molecule has 1 aliphatic heterocycles. The number of fused-ring (bicyclic) bond motifs is 1. The summed E-state index contributed by atoms with van der Waals surface area (Å²) in [6, 6.07) is 0. The zero-order chi connectivity index (χ0) is 13.6. The Hall–Kier alpha value is -1.10. The standard InChI is InChI=1S/C14H20O5/c1-18-13(16)10-7-4-5-9-11(10)14(17)19-12(9)8(7)3-2-6-15/h7-12,15H,2-6H2,1H3. The number of aliphatic hydroxyl groups excluding tert-OH is 1. The van der Waals surface area contributed by atoms with Gasteiger partial charge in [-0.2, -0.15) is 0 Å². The predicted molar refractivity (Wildman–Crippen MR) is 64.9 cm³/mol. The maximum absolute atomic E-state index is 12.0. The van der Waals surface area contributed by atoms with Gasteiger partial charge in [0.1, 0.15) is 6.10 Å². The summed E-state index contributed by atoms with van der Waals surface area (Å²) >= 11 is 0. The summed E-state index contributed by atoms with van der Waals surface area (Å²) in [5.41, 5.74) is 0. The lowest BCUT2D eigenvalue weighted by Gasteiger charge is -2.48. The van der Waals surface area contributed by atoms with E-state index in [0.717, 1.165) is 19.3 Å². The molecule has 5 nitrogen and oxygen atoms in total. The van der Waals surface area contributed by atoms with Crippen LogP contribution >= 0.6 is 0 Å². The summed E-state index contributed by atoms with van der Waals surface area (Å²) in [5, 5.41) is 9.01.